The molecule has 2 N–H and O–H groups in total. The van der Waals surface area contributed by atoms with Crippen LogP contribution in [0.15, 0.2) is 24.3 Å². The number of hydrogen-bond donors (Lipinski definition) is 2. The van der Waals surface area contributed by atoms with Crippen molar-refractivity contribution >= 4 is 0 Å². The molecule has 1 aromatic rings. The fourth-order valence-electron chi connectivity index (χ4n) is 1.61. The lowest BCUT2D eigenvalue weighted by Crippen LogP contribution is -2.32. The van der Waals surface area contributed by atoms with Gasteiger partial charge in [0.2, 0.25) is 0 Å². The van der Waals surface area contributed by atoms with Crippen LogP contribution in [0.2, 0.25) is 0 Å². The number of halogens is 3. The van der Waals surface area contributed by atoms with E-state index in [0.29, 0.717) is 11.5 Å². The van der Waals surface area contributed by atoms with Crippen molar-refractivity contribution in [3.63, 3.8) is 0 Å². The number of nitrogens with one attached hydrogen (secondary N) is 1. The van der Waals surface area contributed by atoms with Gasteiger partial charge in [-0.15, -0.1) is 0 Å². The number of benzene rings is 1. The smallest absolute Gasteiger partial charge is 0.389 e. The van der Waals surface area contributed by atoms with E-state index < -0.39 is 18.7 Å². The van der Waals surface area contributed by atoms with Crippen LogP contribution in [-0.4, -0.2) is 44.2 Å². The number of hydrogen-bond acceptors (Lipinski definition) is 4. The molecule has 1 atom stereocenters. The summed E-state index contributed by atoms with van der Waals surface area (Å²) >= 11 is 0. The van der Waals surface area contributed by atoms with Gasteiger partial charge in [0, 0.05) is 13.0 Å². The lowest BCUT2D eigenvalue weighted by atomic mass is 10.3. The summed E-state index contributed by atoms with van der Waals surface area (Å²) < 4.78 is 46.0. The standard InChI is InChI=1S/C14H20F3NO3/c1-20-12-3-5-13(6-4-12)21-10-11(19)9-18-8-2-7-14(15,16)17/h3-6,11,18-19H,2,7-10H2,1H3. The fraction of sp³-hybridized carbons (Fsp3) is 0.571. The first-order valence-electron chi connectivity index (χ1n) is 6.63. The molecule has 21 heavy (non-hydrogen) atoms. The van der Waals surface area contributed by atoms with Gasteiger partial charge in [-0.05, 0) is 37.2 Å². The van der Waals surface area contributed by atoms with E-state index in [1.54, 1.807) is 31.4 Å². The Morgan fingerprint density at radius 3 is 2.38 bits per heavy atom. The van der Waals surface area contributed by atoms with Crippen LogP contribution in [0.25, 0.3) is 0 Å². The van der Waals surface area contributed by atoms with Gasteiger partial charge in [-0.2, -0.15) is 13.2 Å². The zero-order valence-corrected chi connectivity index (χ0v) is 11.8. The SMILES string of the molecule is COc1ccc(OCC(O)CNCCCC(F)(F)F)cc1. The number of alkyl halides is 3. The maximum atomic E-state index is 11.9. The van der Waals surface area contributed by atoms with Gasteiger partial charge in [0.1, 0.15) is 24.2 Å². The van der Waals surface area contributed by atoms with Crippen LogP contribution in [0.4, 0.5) is 13.2 Å². The van der Waals surface area contributed by atoms with E-state index in [0.717, 1.165) is 0 Å². The average molecular weight is 307 g/mol. The van der Waals surface area contributed by atoms with Crippen molar-refractivity contribution in [2.45, 2.75) is 25.1 Å². The molecular weight excluding hydrogens is 287 g/mol. The van der Waals surface area contributed by atoms with Gasteiger partial charge >= 0.3 is 6.18 Å². The Labute approximate surface area is 121 Å². The number of methoxy groups -OCH3 is 1. The predicted octanol–water partition coefficient (Wildman–Crippen LogP) is 2.37. The number of rotatable bonds is 9. The van der Waals surface area contributed by atoms with Gasteiger partial charge in [0.05, 0.1) is 7.11 Å². The maximum Gasteiger partial charge on any atom is 0.389 e. The molecule has 0 fully saturated rings. The second-order valence-corrected chi connectivity index (χ2v) is 4.56. The minimum absolute atomic E-state index is 0.00441. The normalized spacial score (nSPS) is 13.0. The van der Waals surface area contributed by atoms with Crippen molar-refractivity contribution in [2.75, 3.05) is 26.8 Å². The molecule has 1 rings (SSSR count). The summed E-state index contributed by atoms with van der Waals surface area (Å²) in [6.45, 7) is 0.464. The Morgan fingerprint density at radius 2 is 1.81 bits per heavy atom. The van der Waals surface area contributed by atoms with Crippen molar-refractivity contribution in [1.82, 2.24) is 5.32 Å². The maximum absolute atomic E-state index is 11.9. The minimum Gasteiger partial charge on any atom is -0.497 e. The molecule has 0 aliphatic carbocycles. The molecule has 7 heteroatoms. The van der Waals surface area contributed by atoms with E-state index in [1.165, 1.54) is 0 Å². The molecule has 0 amide bonds. The molecule has 120 valence electrons. The summed E-state index contributed by atoms with van der Waals surface area (Å²) in [5.41, 5.74) is 0. The Balaban J connectivity index is 2.11. The highest BCUT2D eigenvalue weighted by atomic mass is 19.4. The van der Waals surface area contributed by atoms with E-state index in [2.05, 4.69) is 5.32 Å². The second-order valence-electron chi connectivity index (χ2n) is 4.56. The summed E-state index contributed by atoms with van der Waals surface area (Å²) in [6.07, 6.45) is -5.73. The summed E-state index contributed by atoms with van der Waals surface area (Å²) in [6, 6.07) is 6.89. The molecule has 0 spiro atoms. The van der Waals surface area contributed by atoms with Crippen molar-refractivity contribution in [3.8, 4) is 11.5 Å². The van der Waals surface area contributed by atoms with Crippen LogP contribution in [0.1, 0.15) is 12.8 Å². The van der Waals surface area contributed by atoms with Gasteiger partial charge in [0.25, 0.3) is 0 Å². The largest absolute Gasteiger partial charge is 0.497 e. The zero-order chi connectivity index (χ0) is 15.7. The highest BCUT2D eigenvalue weighted by Crippen LogP contribution is 2.20. The first-order chi connectivity index (χ1) is 9.90. The third-order valence-electron chi connectivity index (χ3n) is 2.70. The lowest BCUT2D eigenvalue weighted by Gasteiger charge is -2.13. The van der Waals surface area contributed by atoms with E-state index >= 15 is 0 Å². The van der Waals surface area contributed by atoms with Crippen LogP contribution >= 0.6 is 0 Å². The Hall–Kier alpha value is -1.47. The molecular formula is C14H20F3NO3. The minimum atomic E-state index is -4.13. The van der Waals surface area contributed by atoms with Gasteiger partial charge in [-0.1, -0.05) is 0 Å². The lowest BCUT2D eigenvalue weighted by molar-refractivity contribution is -0.135. The van der Waals surface area contributed by atoms with Crippen LogP contribution in [0.3, 0.4) is 0 Å². The van der Waals surface area contributed by atoms with Crippen molar-refractivity contribution < 1.29 is 27.8 Å². The van der Waals surface area contributed by atoms with Crippen molar-refractivity contribution in [2.24, 2.45) is 0 Å². The second kappa shape index (κ2) is 8.74. The molecule has 0 radical (unpaired) electrons. The number of ether oxygens (including phenoxy) is 2. The first-order valence-corrected chi connectivity index (χ1v) is 6.63. The molecule has 4 nitrogen and oxygen atoms in total. The van der Waals surface area contributed by atoms with Crippen LogP contribution in [0, 0.1) is 0 Å². The van der Waals surface area contributed by atoms with E-state index in [4.69, 9.17) is 9.47 Å². The molecule has 0 aliphatic rings. The summed E-state index contributed by atoms with van der Waals surface area (Å²) in [5.74, 6) is 1.29. The van der Waals surface area contributed by atoms with Gasteiger partial charge in [0.15, 0.2) is 0 Å². The van der Waals surface area contributed by atoms with E-state index in [9.17, 15) is 18.3 Å². The molecule has 0 saturated heterocycles. The molecule has 0 aromatic heterocycles. The molecule has 1 aromatic carbocycles. The first kappa shape index (κ1) is 17.6. The summed E-state index contributed by atoms with van der Waals surface area (Å²) in [5, 5.41) is 12.4. The topological polar surface area (TPSA) is 50.7 Å². The van der Waals surface area contributed by atoms with Crippen molar-refractivity contribution in [1.29, 1.82) is 0 Å². The summed E-state index contributed by atoms with van der Waals surface area (Å²) in [7, 11) is 1.56. The van der Waals surface area contributed by atoms with E-state index in [-0.39, 0.29) is 26.1 Å². The van der Waals surface area contributed by atoms with E-state index in [1.807, 2.05) is 0 Å². The molecule has 0 heterocycles. The highest BCUT2D eigenvalue weighted by Gasteiger charge is 2.25. The van der Waals surface area contributed by atoms with Crippen LogP contribution < -0.4 is 14.8 Å². The molecule has 0 bridgehead atoms. The fourth-order valence-corrected chi connectivity index (χ4v) is 1.61. The number of aliphatic hydroxyl groups is 1. The van der Waals surface area contributed by atoms with Gasteiger partial charge in [-0.3, -0.25) is 0 Å². The Bertz CT molecular complexity index is 395. The highest BCUT2D eigenvalue weighted by molar-refractivity contribution is 5.31. The van der Waals surface area contributed by atoms with Crippen LogP contribution in [-0.2, 0) is 0 Å². The average Bonchev–Trinajstić information content (AvgIpc) is 2.44. The quantitative estimate of drug-likeness (QED) is 0.688. The third-order valence-corrected chi connectivity index (χ3v) is 2.70. The van der Waals surface area contributed by atoms with Gasteiger partial charge in [-0.25, -0.2) is 0 Å². The number of aliphatic hydroxyl groups excluding tert-OH is 1. The Kier molecular flexibility index (Phi) is 7.31. The predicted molar refractivity (Wildman–Crippen MR) is 72.7 cm³/mol. The monoisotopic (exact) mass is 307 g/mol. The molecule has 1 unspecified atom stereocenters. The Morgan fingerprint density at radius 1 is 1.19 bits per heavy atom. The van der Waals surface area contributed by atoms with Crippen molar-refractivity contribution in [3.05, 3.63) is 24.3 Å². The van der Waals surface area contributed by atoms with Crippen LogP contribution in [0.5, 0.6) is 11.5 Å². The third kappa shape index (κ3) is 8.41. The zero-order valence-electron chi connectivity index (χ0n) is 11.8. The summed E-state index contributed by atoms with van der Waals surface area (Å²) in [4.78, 5) is 0. The van der Waals surface area contributed by atoms with Gasteiger partial charge < -0.3 is 19.9 Å². The molecule has 0 aliphatic heterocycles. The molecule has 0 saturated carbocycles.